The summed E-state index contributed by atoms with van der Waals surface area (Å²) in [5, 5.41) is 10.0. The molecular weight excluding hydrogens is 282 g/mol. The average Bonchev–Trinajstić information content (AvgIpc) is 2.61. The molecule has 0 aliphatic carbocycles. The normalized spacial score (nSPS) is 12.7. The number of hydrogen-bond donors (Lipinski definition) is 1. The molecule has 0 radical (unpaired) electrons. The van der Waals surface area contributed by atoms with Gasteiger partial charge in [-0.2, -0.15) is 0 Å². The van der Waals surface area contributed by atoms with Crippen LogP contribution in [0.4, 0.5) is 4.39 Å². The van der Waals surface area contributed by atoms with Gasteiger partial charge in [0.25, 0.3) is 0 Å². The Kier molecular flexibility index (Phi) is 4.05. The third kappa shape index (κ3) is 3.19. The lowest BCUT2D eigenvalue weighted by molar-refractivity contribution is 0.179. The number of aliphatic hydroxyl groups excluding tert-OH is 1. The highest BCUT2D eigenvalue weighted by molar-refractivity contribution is 7.20. The first-order valence-electron chi connectivity index (χ1n) is 4.93. The van der Waals surface area contributed by atoms with Gasteiger partial charge in [-0.15, -0.1) is 11.3 Å². The summed E-state index contributed by atoms with van der Waals surface area (Å²) >= 11 is 13.0. The Labute approximate surface area is 112 Å². The molecule has 1 nitrogen and oxygen atoms in total. The third-order valence-electron chi connectivity index (χ3n) is 2.38. The second-order valence-corrected chi connectivity index (χ2v) is 5.91. The van der Waals surface area contributed by atoms with Gasteiger partial charge in [-0.3, -0.25) is 0 Å². The van der Waals surface area contributed by atoms with Gasteiger partial charge in [0.1, 0.15) is 10.2 Å². The molecule has 0 aliphatic heterocycles. The number of halogens is 3. The molecule has 17 heavy (non-hydrogen) atoms. The molecule has 2 aromatic rings. The van der Waals surface area contributed by atoms with Crippen LogP contribution < -0.4 is 0 Å². The zero-order valence-corrected chi connectivity index (χ0v) is 11.0. The van der Waals surface area contributed by atoms with Crippen LogP contribution in [-0.4, -0.2) is 5.11 Å². The second-order valence-electron chi connectivity index (χ2n) is 3.63. The third-order valence-corrected chi connectivity index (χ3v) is 3.90. The predicted molar refractivity (Wildman–Crippen MR) is 69.4 cm³/mol. The van der Waals surface area contributed by atoms with Crippen LogP contribution in [0.1, 0.15) is 17.2 Å². The lowest BCUT2D eigenvalue weighted by atomic mass is 10.0. The second kappa shape index (κ2) is 5.36. The van der Waals surface area contributed by atoms with E-state index >= 15 is 0 Å². The predicted octanol–water partition coefficient (Wildman–Crippen LogP) is 4.47. The molecule has 1 unspecified atom stereocenters. The molecule has 0 aliphatic rings. The molecule has 0 bridgehead atoms. The molecule has 0 saturated carbocycles. The van der Waals surface area contributed by atoms with Gasteiger partial charge in [-0.25, -0.2) is 4.39 Å². The quantitative estimate of drug-likeness (QED) is 0.884. The van der Waals surface area contributed by atoms with Crippen molar-refractivity contribution < 1.29 is 9.50 Å². The van der Waals surface area contributed by atoms with Crippen molar-refractivity contribution in [1.82, 2.24) is 0 Å². The molecular formula is C12H9Cl2FOS. The molecule has 1 aromatic heterocycles. The molecule has 1 N–H and O–H groups in total. The van der Waals surface area contributed by atoms with Crippen molar-refractivity contribution in [1.29, 1.82) is 0 Å². The fraction of sp³-hybridized carbons (Fsp3) is 0.167. The van der Waals surface area contributed by atoms with E-state index in [9.17, 15) is 9.50 Å². The van der Waals surface area contributed by atoms with Gasteiger partial charge < -0.3 is 5.11 Å². The summed E-state index contributed by atoms with van der Waals surface area (Å²) in [5.74, 6) is -0.292. The Balaban J connectivity index is 2.14. The number of aliphatic hydroxyl groups is 1. The van der Waals surface area contributed by atoms with E-state index in [0.29, 0.717) is 20.7 Å². The number of benzene rings is 1. The fourth-order valence-corrected chi connectivity index (χ4v) is 3.10. The Morgan fingerprint density at radius 2 is 1.88 bits per heavy atom. The maximum Gasteiger partial charge on any atom is 0.123 e. The maximum absolute atomic E-state index is 12.7. The molecule has 1 atom stereocenters. The minimum atomic E-state index is -0.725. The van der Waals surface area contributed by atoms with E-state index in [1.807, 2.05) is 0 Å². The average molecular weight is 291 g/mol. The first kappa shape index (κ1) is 12.8. The van der Waals surface area contributed by atoms with Crippen LogP contribution in [0.5, 0.6) is 0 Å². The Morgan fingerprint density at radius 1 is 1.24 bits per heavy atom. The summed E-state index contributed by atoms with van der Waals surface area (Å²) in [6.07, 6.45) is -0.343. The van der Waals surface area contributed by atoms with Crippen molar-refractivity contribution in [3.05, 3.63) is 55.9 Å². The van der Waals surface area contributed by atoms with E-state index in [4.69, 9.17) is 23.2 Å². The van der Waals surface area contributed by atoms with Crippen LogP contribution in [0.2, 0.25) is 8.67 Å². The van der Waals surface area contributed by atoms with Crippen LogP contribution in [0.15, 0.2) is 30.3 Å². The van der Waals surface area contributed by atoms with Crippen molar-refractivity contribution in [3.8, 4) is 0 Å². The van der Waals surface area contributed by atoms with Crippen molar-refractivity contribution in [3.63, 3.8) is 0 Å². The molecule has 1 aromatic carbocycles. The van der Waals surface area contributed by atoms with Gasteiger partial charge in [0.05, 0.1) is 10.4 Å². The van der Waals surface area contributed by atoms with Gasteiger partial charge in [-0.05, 0) is 23.8 Å². The zero-order valence-electron chi connectivity index (χ0n) is 8.66. The van der Waals surface area contributed by atoms with E-state index in [-0.39, 0.29) is 5.82 Å². The summed E-state index contributed by atoms with van der Waals surface area (Å²) in [7, 11) is 0. The number of hydrogen-bond acceptors (Lipinski definition) is 2. The molecule has 2 rings (SSSR count). The van der Waals surface area contributed by atoms with Crippen molar-refractivity contribution in [2.24, 2.45) is 0 Å². The Morgan fingerprint density at radius 3 is 2.41 bits per heavy atom. The Hall–Kier alpha value is -0.610. The molecule has 1 heterocycles. The summed E-state index contributed by atoms with van der Waals surface area (Å²) in [6.45, 7) is 0. The van der Waals surface area contributed by atoms with Crippen LogP contribution in [-0.2, 0) is 6.42 Å². The monoisotopic (exact) mass is 290 g/mol. The summed E-state index contributed by atoms with van der Waals surface area (Å²) in [6, 6.07) is 7.66. The van der Waals surface area contributed by atoms with Gasteiger partial charge >= 0.3 is 0 Å². The van der Waals surface area contributed by atoms with E-state index in [1.54, 1.807) is 18.2 Å². The molecule has 0 spiro atoms. The first-order chi connectivity index (χ1) is 8.06. The highest BCUT2D eigenvalue weighted by atomic mass is 35.5. The van der Waals surface area contributed by atoms with Crippen molar-refractivity contribution in [2.45, 2.75) is 12.5 Å². The minimum Gasteiger partial charge on any atom is -0.388 e. The van der Waals surface area contributed by atoms with E-state index in [0.717, 1.165) is 5.56 Å². The Bertz CT molecular complexity index is 510. The molecule has 0 amide bonds. The fourth-order valence-electron chi connectivity index (χ4n) is 1.53. The van der Waals surface area contributed by atoms with Crippen LogP contribution in [0, 0.1) is 5.82 Å². The van der Waals surface area contributed by atoms with Gasteiger partial charge in [-0.1, -0.05) is 35.3 Å². The van der Waals surface area contributed by atoms with Gasteiger partial charge in [0.2, 0.25) is 0 Å². The van der Waals surface area contributed by atoms with Crippen molar-refractivity contribution >= 4 is 34.5 Å². The van der Waals surface area contributed by atoms with Crippen LogP contribution >= 0.6 is 34.5 Å². The SMILES string of the molecule is OC(Cc1ccc(F)cc1)c1cc(Cl)sc1Cl. The van der Waals surface area contributed by atoms with E-state index in [1.165, 1.54) is 23.5 Å². The highest BCUT2D eigenvalue weighted by Crippen LogP contribution is 2.36. The lowest BCUT2D eigenvalue weighted by Crippen LogP contribution is -2.00. The summed E-state index contributed by atoms with van der Waals surface area (Å²) in [5.41, 5.74) is 1.46. The van der Waals surface area contributed by atoms with Gasteiger partial charge in [0.15, 0.2) is 0 Å². The molecule has 0 saturated heterocycles. The lowest BCUT2D eigenvalue weighted by Gasteiger charge is -2.09. The smallest absolute Gasteiger partial charge is 0.123 e. The topological polar surface area (TPSA) is 20.2 Å². The molecule has 5 heteroatoms. The van der Waals surface area contributed by atoms with Crippen molar-refractivity contribution in [2.75, 3.05) is 0 Å². The van der Waals surface area contributed by atoms with E-state index in [2.05, 4.69) is 0 Å². The zero-order chi connectivity index (χ0) is 12.4. The van der Waals surface area contributed by atoms with E-state index < -0.39 is 6.10 Å². The number of rotatable bonds is 3. The first-order valence-corrected chi connectivity index (χ1v) is 6.51. The van der Waals surface area contributed by atoms with Gasteiger partial charge in [0, 0.05) is 12.0 Å². The maximum atomic E-state index is 12.7. The summed E-state index contributed by atoms with van der Waals surface area (Å²) < 4.78 is 13.8. The standard InChI is InChI=1S/C12H9Cl2FOS/c13-11-6-9(12(14)17-11)10(16)5-7-1-3-8(15)4-2-7/h1-4,6,10,16H,5H2. The number of thiophene rings is 1. The molecule has 0 fully saturated rings. The van der Waals surface area contributed by atoms with Crippen LogP contribution in [0.3, 0.4) is 0 Å². The highest BCUT2D eigenvalue weighted by Gasteiger charge is 2.15. The molecule has 90 valence electrons. The van der Waals surface area contributed by atoms with Crippen LogP contribution in [0.25, 0.3) is 0 Å². The minimum absolute atomic E-state index is 0.292. The largest absolute Gasteiger partial charge is 0.388 e. The summed E-state index contributed by atoms with van der Waals surface area (Å²) in [4.78, 5) is 0.